The van der Waals surface area contributed by atoms with E-state index >= 15 is 0 Å². The molecular weight excluding hydrogens is 472 g/mol. The fraction of sp³-hybridized carbons (Fsp3) is 0.240. The van der Waals surface area contributed by atoms with Crippen LogP contribution in [0.15, 0.2) is 70.2 Å². The van der Waals surface area contributed by atoms with Crippen LogP contribution in [0.25, 0.3) is 0 Å². The van der Waals surface area contributed by atoms with E-state index in [2.05, 4.69) is 10.6 Å². The van der Waals surface area contributed by atoms with Gasteiger partial charge in [0.25, 0.3) is 5.91 Å². The summed E-state index contributed by atoms with van der Waals surface area (Å²) < 4.78 is 21.2. The van der Waals surface area contributed by atoms with Gasteiger partial charge in [-0.25, -0.2) is 4.79 Å². The minimum atomic E-state index is -1.01. The largest absolute Gasteiger partial charge is 0.467 e. The standard InChI is InChI=1S/C25H24N2O7S/c1-16(24(29)27-12-17-8-9-20-21(11-17)33-15-32-20)34-25(30)19-6-2-3-7-22(19)35-14-23(28)26-13-18-5-4-10-31-18/h2-11,16H,12-15H2,1H3,(H,26,28)(H,27,29). The summed E-state index contributed by atoms with van der Waals surface area (Å²) in [5.41, 5.74) is 1.11. The van der Waals surface area contributed by atoms with Crippen LogP contribution >= 0.6 is 11.8 Å². The zero-order valence-electron chi connectivity index (χ0n) is 18.9. The third-order valence-electron chi connectivity index (χ3n) is 5.06. The molecule has 2 heterocycles. The lowest BCUT2D eigenvalue weighted by Gasteiger charge is -2.15. The van der Waals surface area contributed by atoms with Crippen LogP contribution in [-0.2, 0) is 27.4 Å². The van der Waals surface area contributed by atoms with E-state index in [0.717, 1.165) is 5.56 Å². The smallest absolute Gasteiger partial charge is 0.340 e. The molecule has 0 saturated carbocycles. The molecule has 0 saturated heterocycles. The second-order valence-electron chi connectivity index (χ2n) is 7.59. The monoisotopic (exact) mass is 496 g/mol. The molecule has 4 rings (SSSR count). The molecule has 0 aliphatic carbocycles. The number of hydrogen-bond donors (Lipinski definition) is 2. The van der Waals surface area contributed by atoms with Gasteiger partial charge in [-0.1, -0.05) is 18.2 Å². The Bertz CT molecular complexity index is 1200. The summed E-state index contributed by atoms with van der Waals surface area (Å²) in [5.74, 6) is 0.766. The van der Waals surface area contributed by atoms with Gasteiger partial charge >= 0.3 is 5.97 Å². The summed E-state index contributed by atoms with van der Waals surface area (Å²) in [6.45, 7) is 2.21. The third-order valence-corrected chi connectivity index (χ3v) is 6.14. The predicted molar refractivity (Wildman–Crippen MR) is 127 cm³/mol. The van der Waals surface area contributed by atoms with Crippen molar-refractivity contribution >= 4 is 29.5 Å². The Kier molecular flexibility index (Phi) is 7.94. The van der Waals surface area contributed by atoms with Gasteiger partial charge in [0.2, 0.25) is 12.7 Å². The van der Waals surface area contributed by atoms with Gasteiger partial charge in [0.1, 0.15) is 5.76 Å². The Balaban J connectivity index is 1.26. The molecule has 0 bridgehead atoms. The number of amides is 2. The topological polar surface area (TPSA) is 116 Å². The van der Waals surface area contributed by atoms with E-state index in [-0.39, 0.29) is 37.1 Å². The van der Waals surface area contributed by atoms with Gasteiger partial charge in [0, 0.05) is 11.4 Å². The van der Waals surface area contributed by atoms with E-state index in [4.69, 9.17) is 18.6 Å². The maximum absolute atomic E-state index is 12.7. The van der Waals surface area contributed by atoms with Crippen LogP contribution in [0, 0.1) is 0 Å². The van der Waals surface area contributed by atoms with Crippen molar-refractivity contribution in [2.75, 3.05) is 12.5 Å². The molecule has 10 heteroatoms. The Hall–Kier alpha value is -3.92. The third kappa shape index (κ3) is 6.57. The van der Waals surface area contributed by atoms with Crippen molar-refractivity contribution in [2.45, 2.75) is 31.0 Å². The Morgan fingerprint density at radius 3 is 2.66 bits per heavy atom. The molecule has 0 spiro atoms. The van der Waals surface area contributed by atoms with Gasteiger partial charge < -0.3 is 29.3 Å². The molecule has 9 nitrogen and oxygen atoms in total. The molecule has 1 aliphatic heterocycles. The fourth-order valence-corrected chi connectivity index (χ4v) is 4.09. The summed E-state index contributed by atoms with van der Waals surface area (Å²) in [4.78, 5) is 38.0. The number of fused-ring (bicyclic) bond motifs is 1. The molecule has 35 heavy (non-hydrogen) atoms. The minimum Gasteiger partial charge on any atom is -0.467 e. The highest BCUT2D eigenvalue weighted by Crippen LogP contribution is 2.32. The molecule has 0 fully saturated rings. The highest BCUT2D eigenvalue weighted by molar-refractivity contribution is 8.00. The Morgan fingerprint density at radius 2 is 1.83 bits per heavy atom. The number of nitrogens with one attached hydrogen (secondary N) is 2. The van der Waals surface area contributed by atoms with Crippen LogP contribution in [0.4, 0.5) is 0 Å². The summed E-state index contributed by atoms with van der Waals surface area (Å²) in [6, 6.07) is 15.7. The quantitative estimate of drug-likeness (QED) is 0.325. The first kappa shape index (κ1) is 24.2. The second kappa shape index (κ2) is 11.5. The highest BCUT2D eigenvalue weighted by atomic mass is 32.2. The van der Waals surface area contributed by atoms with Gasteiger partial charge in [-0.15, -0.1) is 11.8 Å². The lowest BCUT2D eigenvalue weighted by molar-refractivity contribution is -0.129. The van der Waals surface area contributed by atoms with E-state index in [0.29, 0.717) is 22.2 Å². The number of thioether (sulfide) groups is 1. The van der Waals surface area contributed by atoms with E-state index in [9.17, 15) is 14.4 Å². The zero-order valence-corrected chi connectivity index (χ0v) is 19.8. The second-order valence-corrected chi connectivity index (χ2v) is 8.61. The number of rotatable bonds is 10. The molecule has 1 aliphatic rings. The number of benzene rings is 2. The van der Waals surface area contributed by atoms with Gasteiger partial charge in [-0.05, 0) is 48.9 Å². The first-order chi connectivity index (χ1) is 17.0. The molecule has 1 aromatic heterocycles. The average molecular weight is 497 g/mol. The van der Waals surface area contributed by atoms with Crippen LogP contribution in [0.3, 0.4) is 0 Å². The van der Waals surface area contributed by atoms with Gasteiger partial charge in [-0.3, -0.25) is 9.59 Å². The molecular formula is C25H24N2O7S. The number of furan rings is 1. The molecule has 182 valence electrons. The van der Waals surface area contributed by atoms with Crippen LogP contribution in [0.2, 0.25) is 0 Å². The van der Waals surface area contributed by atoms with Crippen molar-refractivity contribution in [3.05, 3.63) is 77.7 Å². The van der Waals surface area contributed by atoms with Crippen molar-refractivity contribution in [3.8, 4) is 11.5 Å². The zero-order chi connectivity index (χ0) is 24.6. The highest BCUT2D eigenvalue weighted by Gasteiger charge is 2.21. The Morgan fingerprint density at radius 1 is 1.00 bits per heavy atom. The number of carbonyl (C=O) groups excluding carboxylic acids is 3. The summed E-state index contributed by atoms with van der Waals surface area (Å²) in [6.07, 6.45) is 0.530. The Labute approximate surface area is 206 Å². The molecule has 0 radical (unpaired) electrons. The van der Waals surface area contributed by atoms with E-state index in [1.165, 1.54) is 24.9 Å². The van der Waals surface area contributed by atoms with E-state index in [1.54, 1.807) is 48.5 Å². The summed E-state index contributed by atoms with van der Waals surface area (Å²) >= 11 is 1.21. The van der Waals surface area contributed by atoms with E-state index in [1.807, 2.05) is 6.07 Å². The predicted octanol–water partition coefficient (Wildman–Crippen LogP) is 3.28. The SMILES string of the molecule is CC(OC(=O)c1ccccc1SCC(=O)NCc1ccco1)C(=O)NCc1ccc2c(c1)OCO2. The van der Waals surface area contributed by atoms with Crippen LogP contribution in [0.5, 0.6) is 11.5 Å². The van der Waals surface area contributed by atoms with Crippen LogP contribution in [0.1, 0.15) is 28.6 Å². The van der Waals surface area contributed by atoms with Gasteiger partial charge in [0.15, 0.2) is 17.6 Å². The summed E-state index contributed by atoms with van der Waals surface area (Å²) in [7, 11) is 0. The van der Waals surface area contributed by atoms with Crippen molar-refractivity contribution in [2.24, 2.45) is 0 Å². The van der Waals surface area contributed by atoms with Crippen molar-refractivity contribution in [1.82, 2.24) is 10.6 Å². The first-order valence-corrected chi connectivity index (χ1v) is 11.9. The van der Waals surface area contributed by atoms with Crippen molar-refractivity contribution in [1.29, 1.82) is 0 Å². The minimum absolute atomic E-state index is 0.108. The van der Waals surface area contributed by atoms with Gasteiger partial charge in [0.05, 0.1) is 24.1 Å². The van der Waals surface area contributed by atoms with E-state index < -0.39 is 18.0 Å². The lowest BCUT2D eigenvalue weighted by atomic mass is 10.2. The fourth-order valence-electron chi connectivity index (χ4n) is 3.22. The number of hydrogen-bond acceptors (Lipinski definition) is 8. The molecule has 2 aromatic carbocycles. The normalized spacial score (nSPS) is 12.6. The summed E-state index contributed by atoms with van der Waals surface area (Å²) in [5, 5.41) is 5.50. The molecule has 1 unspecified atom stereocenters. The molecule has 2 amide bonds. The van der Waals surface area contributed by atoms with Crippen LogP contribution < -0.4 is 20.1 Å². The van der Waals surface area contributed by atoms with Crippen molar-refractivity contribution in [3.63, 3.8) is 0 Å². The number of ether oxygens (including phenoxy) is 3. The van der Waals surface area contributed by atoms with Crippen LogP contribution in [-0.4, -0.2) is 36.4 Å². The van der Waals surface area contributed by atoms with Gasteiger partial charge in [-0.2, -0.15) is 0 Å². The van der Waals surface area contributed by atoms with Crippen molar-refractivity contribution < 1.29 is 33.0 Å². The first-order valence-electron chi connectivity index (χ1n) is 10.9. The maximum Gasteiger partial charge on any atom is 0.340 e. The maximum atomic E-state index is 12.7. The number of esters is 1. The lowest BCUT2D eigenvalue weighted by Crippen LogP contribution is -2.35. The number of carbonyl (C=O) groups is 3. The molecule has 1 atom stereocenters. The molecule has 3 aromatic rings. The molecule has 2 N–H and O–H groups in total. The average Bonchev–Trinajstić information content (AvgIpc) is 3.56.